The number of carbonyl (C=O) groups excluding carboxylic acids is 1. The Kier molecular flexibility index (Phi) is 7.06. The van der Waals surface area contributed by atoms with Crippen LogP contribution in [-0.2, 0) is 11.3 Å². The molecular formula is C14H19Cl2FN4O. The van der Waals surface area contributed by atoms with Crippen LogP contribution in [0.1, 0.15) is 25.1 Å². The van der Waals surface area contributed by atoms with Gasteiger partial charge in [0.05, 0.1) is 23.6 Å². The van der Waals surface area contributed by atoms with Gasteiger partial charge in [0.15, 0.2) is 0 Å². The maximum Gasteiger partial charge on any atom is 0.237 e. The minimum atomic E-state index is -0.303. The molecule has 1 saturated heterocycles. The van der Waals surface area contributed by atoms with Crippen LogP contribution in [0.2, 0.25) is 0 Å². The molecule has 1 amide bonds. The number of hydrogen-bond donors (Lipinski definition) is 3. The first-order valence-electron chi connectivity index (χ1n) is 6.87. The summed E-state index contributed by atoms with van der Waals surface area (Å²) in [6.45, 7) is 1.22. The zero-order valence-electron chi connectivity index (χ0n) is 11.9. The number of hydrogen-bond acceptors (Lipinski definition) is 3. The average Bonchev–Trinajstić information content (AvgIpc) is 2.87. The number of aromatic amines is 1. The molecule has 0 bridgehead atoms. The number of carbonyl (C=O) groups is 1. The van der Waals surface area contributed by atoms with Gasteiger partial charge in [0.25, 0.3) is 0 Å². The summed E-state index contributed by atoms with van der Waals surface area (Å²) in [7, 11) is 0. The lowest BCUT2D eigenvalue weighted by atomic mass is 10.0. The largest absolute Gasteiger partial charge is 0.348 e. The summed E-state index contributed by atoms with van der Waals surface area (Å²) in [5, 5.41) is 6.05. The molecule has 1 atom stereocenters. The Bertz CT molecular complexity index is 628. The Hall–Kier alpha value is -1.37. The summed E-state index contributed by atoms with van der Waals surface area (Å²) in [5.41, 5.74) is 1.34. The number of piperidine rings is 1. The number of H-pyrrole nitrogens is 1. The Balaban J connectivity index is 0.00000121. The van der Waals surface area contributed by atoms with Crippen molar-refractivity contribution in [2.45, 2.75) is 31.8 Å². The molecule has 0 aliphatic carbocycles. The highest BCUT2D eigenvalue weighted by Gasteiger charge is 2.20. The van der Waals surface area contributed by atoms with Crippen molar-refractivity contribution in [1.29, 1.82) is 0 Å². The van der Waals surface area contributed by atoms with E-state index >= 15 is 0 Å². The van der Waals surface area contributed by atoms with Gasteiger partial charge in [-0.1, -0.05) is 6.42 Å². The Labute approximate surface area is 140 Å². The van der Waals surface area contributed by atoms with Gasteiger partial charge in [-0.25, -0.2) is 9.37 Å². The highest BCUT2D eigenvalue weighted by molar-refractivity contribution is 5.85. The van der Waals surface area contributed by atoms with Crippen LogP contribution in [0.4, 0.5) is 4.39 Å². The van der Waals surface area contributed by atoms with Crippen LogP contribution in [0.25, 0.3) is 11.0 Å². The third-order valence-corrected chi connectivity index (χ3v) is 3.55. The predicted molar refractivity (Wildman–Crippen MR) is 88.0 cm³/mol. The quantitative estimate of drug-likeness (QED) is 0.797. The van der Waals surface area contributed by atoms with Crippen molar-refractivity contribution in [2.24, 2.45) is 0 Å². The van der Waals surface area contributed by atoms with Crippen LogP contribution in [0.15, 0.2) is 18.2 Å². The van der Waals surface area contributed by atoms with Gasteiger partial charge in [-0.3, -0.25) is 4.79 Å². The SMILES string of the molecule is Cl.Cl.O=C(NCc1nc2ccc(F)cc2[nH]1)[C@H]1CCCCN1. The maximum atomic E-state index is 13.1. The molecule has 122 valence electrons. The van der Waals surface area contributed by atoms with Gasteiger partial charge in [0.2, 0.25) is 5.91 Å². The molecule has 0 spiro atoms. The summed E-state index contributed by atoms with van der Waals surface area (Å²) in [5.74, 6) is 0.328. The smallest absolute Gasteiger partial charge is 0.237 e. The van der Waals surface area contributed by atoms with E-state index in [0.717, 1.165) is 25.8 Å². The minimum absolute atomic E-state index is 0. The van der Waals surface area contributed by atoms with Crippen LogP contribution in [-0.4, -0.2) is 28.5 Å². The van der Waals surface area contributed by atoms with E-state index in [1.165, 1.54) is 12.1 Å². The highest BCUT2D eigenvalue weighted by atomic mass is 35.5. The van der Waals surface area contributed by atoms with E-state index < -0.39 is 0 Å². The zero-order valence-corrected chi connectivity index (χ0v) is 13.5. The molecule has 1 aromatic heterocycles. The first kappa shape index (κ1) is 18.7. The second kappa shape index (κ2) is 8.31. The molecule has 0 unspecified atom stereocenters. The fourth-order valence-corrected chi connectivity index (χ4v) is 2.49. The number of aromatic nitrogens is 2. The van der Waals surface area contributed by atoms with E-state index in [1.807, 2.05) is 0 Å². The predicted octanol–water partition coefficient (Wildman–Crippen LogP) is 2.30. The molecule has 3 rings (SSSR count). The van der Waals surface area contributed by atoms with E-state index in [2.05, 4.69) is 20.6 Å². The van der Waals surface area contributed by atoms with Crippen molar-refractivity contribution in [3.63, 3.8) is 0 Å². The second-order valence-corrected chi connectivity index (χ2v) is 5.07. The van der Waals surface area contributed by atoms with E-state index in [-0.39, 0.29) is 42.6 Å². The summed E-state index contributed by atoms with van der Waals surface area (Å²) < 4.78 is 13.1. The molecule has 0 saturated carbocycles. The Morgan fingerprint density at radius 3 is 2.91 bits per heavy atom. The lowest BCUT2D eigenvalue weighted by Crippen LogP contribution is -2.46. The number of benzene rings is 1. The standard InChI is InChI=1S/C14H17FN4O.2ClH/c15-9-4-5-10-12(7-9)19-13(18-10)8-17-14(20)11-3-1-2-6-16-11;;/h4-5,7,11,16H,1-3,6,8H2,(H,17,20)(H,18,19);2*1H/t11-;;/m1../s1. The summed E-state index contributed by atoms with van der Waals surface area (Å²) in [6.07, 6.45) is 3.07. The third-order valence-electron chi connectivity index (χ3n) is 3.55. The van der Waals surface area contributed by atoms with Crippen LogP contribution >= 0.6 is 24.8 Å². The van der Waals surface area contributed by atoms with Crippen molar-refractivity contribution in [1.82, 2.24) is 20.6 Å². The summed E-state index contributed by atoms with van der Waals surface area (Å²) in [4.78, 5) is 19.3. The van der Waals surface area contributed by atoms with E-state index in [0.29, 0.717) is 23.4 Å². The van der Waals surface area contributed by atoms with E-state index in [1.54, 1.807) is 6.07 Å². The van der Waals surface area contributed by atoms with E-state index in [4.69, 9.17) is 0 Å². The number of amides is 1. The number of imidazole rings is 1. The molecular weight excluding hydrogens is 330 g/mol. The molecule has 1 aliphatic rings. The minimum Gasteiger partial charge on any atom is -0.348 e. The topological polar surface area (TPSA) is 69.8 Å². The van der Waals surface area contributed by atoms with E-state index in [9.17, 15) is 9.18 Å². The number of halogens is 3. The molecule has 2 heterocycles. The molecule has 22 heavy (non-hydrogen) atoms. The normalized spacial score (nSPS) is 17.4. The van der Waals surface area contributed by atoms with Crippen LogP contribution in [0.3, 0.4) is 0 Å². The lowest BCUT2D eigenvalue weighted by Gasteiger charge is -2.22. The fraction of sp³-hybridized carbons (Fsp3) is 0.429. The van der Waals surface area contributed by atoms with Gasteiger partial charge in [0, 0.05) is 0 Å². The number of nitrogens with zero attached hydrogens (tertiary/aromatic N) is 1. The Morgan fingerprint density at radius 2 is 2.18 bits per heavy atom. The number of fused-ring (bicyclic) bond motifs is 1. The summed E-state index contributed by atoms with van der Waals surface area (Å²) in [6, 6.07) is 4.29. The average molecular weight is 349 g/mol. The molecule has 2 aromatic rings. The van der Waals surface area contributed by atoms with Crippen LogP contribution in [0.5, 0.6) is 0 Å². The van der Waals surface area contributed by atoms with Gasteiger partial charge in [-0.05, 0) is 37.6 Å². The third kappa shape index (κ3) is 4.32. The van der Waals surface area contributed by atoms with Crippen molar-refractivity contribution in [3.8, 4) is 0 Å². The molecule has 3 N–H and O–H groups in total. The second-order valence-electron chi connectivity index (χ2n) is 5.07. The molecule has 0 radical (unpaired) electrons. The van der Waals surface area contributed by atoms with Crippen molar-refractivity contribution < 1.29 is 9.18 Å². The first-order valence-corrected chi connectivity index (χ1v) is 6.87. The van der Waals surface area contributed by atoms with Gasteiger partial charge in [0.1, 0.15) is 11.6 Å². The van der Waals surface area contributed by atoms with Gasteiger partial charge >= 0.3 is 0 Å². The van der Waals surface area contributed by atoms with Crippen molar-refractivity contribution in [2.75, 3.05) is 6.54 Å². The van der Waals surface area contributed by atoms with Crippen molar-refractivity contribution >= 4 is 41.8 Å². The number of nitrogens with one attached hydrogen (secondary N) is 3. The molecule has 1 aromatic carbocycles. The van der Waals surface area contributed by atoms with Crippen LogP contribution < -0.4 is 10.6 Å². The maximum absolute atomic E-state index is 13.1. The number of rotatable bonds is 3. The molecule has 1 fully saturated rings. The summed E-state index contributed by atoms with van der Waals surface area (Å²) >= 11 is 0. The molecule has 5 nitrogen and oxygen atoms in total. The molecule has 8 heteroatoms. The monoisotopic (exact) mass is 348 g/mol. The highest BCUT2D eigenvalue weighted by Crippen LogP contribution is 2.13. The molecule has 1 aliphatic heterocycles. The fourth-order valence-electron chi connectivity index (χ4n) is 2.49. The lowest BCUT2D eigenvalue weighted by molar-refractivity contribution is -0.123. The first-order chi connectivity index (χ1) is 9.72. The van der Waals surface area contributed by atoms with Gasteiger partial charge < -0.3 is 15.6 Å². The zero-order chi connectivity index (χ0) is 13.9. The van der Waals surface area contributed by atoms with Gasteiger partial charge in [-0.15, -0.1) is 24.8 Å². The van der Waals surface area contributed by atoms with Crippen LogP contribution in [0, 0.1) is 5.82 Å². The van der Waals surface area contributed by atoms with Gasteiger partial charge in [-0.2, -0.15) is 0 Å². The Morgan fingerprint density at radius 1 is 1.36 bits per heavy atom. The van der Waals surface area contributed by atoms with Crippen molar-refractivity contribution in [3.05, 3.63) is 29.8 Å².